The van der Waals surface area contributed by atoms with Crippen molar-refractivity contribution in [2.75, 3.05) is 10.6 Å². The minimum absolute atomic E-state index is 0.150. The molecule has 0 saturated heterocycles. The third kappa shape index (κ3) is 5.12. The summed E-state index contributed by atoms with van der Waals surface area (Å²) in [6.07, 6.45) is 0.959. The van der Waals surface area contributed by atoms with Gasteiger partial charge in [0.2, 0.25) is 0 Å². The lowest BCUT2D eigenvalue weighted by molar-refractivity contribution is 0.647. The summed E-state index contributed by atoms with van der Waals surface area (Å²) < 4.78 is 1.08. The second-order valence-electron chi connectivity index (χ2n) is 0.597. The molecule has 0 aromatic carbocycles. The van der Waals surface area contributed by atoms with Crippen molar-refractivity contribution in [3.63, 3.8) is 0 Å². The summed E-state index contributed by atoms with van der Waals surface area (Å²) >= 11 is 2.23. The predicted octanol–water partition coefficient (Wildman–Crippen LogP) is 1.01. The average molecular weight is 204 g/mol. The third-order valence-electron chi connectivity index (χ3n) is 0.206. The highest BCUT2D eigenvalue weighted by Crippen LogP contribution is 2.00. The van der Waals surface area contributed by atoms with E-state index in [4.69, 9.17) is 4.89 Å². The molecule has 0 heterocycles. The van der Waals surface area contributed by atoms with Gasteiger partial charge in [-0.05, 0) is 6.16 Å². The van der Waals surface area contributed by atoms with Gasteiger partial charge in [0.1, 0.15) is 0 Å². The Morgan fingerprint density at radius 3 is 2.40 bits per heavy atom. The van der Waals surface area contributed by atoms with E-state index < -0.39 is 0 Å². The van der Waals surface area contributed by atoms with Crippen LogP contribution in [-0.4, -0.2) is 15.5 Å². The fraction of sp³-hybridized carbons (Fsp3) is 1.00. The maximum atomic E-state index is 8.09. The maximum absolute atomic E-state index is 8.09. The molecule has 5 heavy (non-hydrogen) atoms. The quantitative estimate of drug-likeness (QED) is 0.404. The molecule has 0 spiro atoms. The van der Waals surface area contributed by atoms with E-state index in [-0.39, 0.29) is 8.81 Å². The van der Waals surface area contributed by atoms with Gasteiger partial charge in [-0.15, -0.1) is 0 Å². The first kappa shape index (κ1) is 6.12. The Hall–Kier alpha value is 1.12. The molecule has 0 aliphatic heterocycles. The van der Waals surface area contributed by atoms with Crippen molar-refractivity contribution in [1.82, 2.24) is 0 Å². The largest absolute Gasteiger partial charge is 0.377 e. The molecular weight excluding hydrogens is 198 g/mol. The topological polar surface area (TPSA) is 20.2 Å². The Morgan fingerprint density at radius 1 is 1.80 bits per heavy atom. The van der Waals surface area contributed by atoms with E-state index in [2.05, 4.69) is 22.6 Å². The fourth-order valence-corrected chi connectivity index (χ4v) is 0.850. The van der Waals surface area contributed by atoms with Crippen LogP contribution in [-0.2, 0) is 0 Å². The molecule has 32 valence electrons. The molecule has 1 nitrogen and oxygen atoms in total. The summed E-state index contributed by atoms with van der Waals surface area (Å²) in [7, 11) is 0.150. The summed E-state index contributed by atoms with van der Waals surface area (Å²) in [6, 6.07) is 0. The predicted molar refractivity (Wildman–Crippen MR) is 34.3 cm³/mol. The molecule has 1 N–H and O–H groups in total. The SMILES string of the molecule is OPCCI. The van der Waals surface area contributed by atoms with Crippen molar-refractivity contribution in [2.24, 2.45) is 0 Å². The minimum Gasteiger partial charge on any atom is -0.377 e. The van der Waals surface area contributed by atoms with Crippen LogP contribution in [0.5, 0.6) is 0 Å². The number of rotatable bonds is 2. The molecule has 3 heteroatoms. The van der Waals surface area contributed by atoms with E-state index in [9.17, 15) is 0 Å². The van der Waals surface area contributed by atoms with E-state index in [1.54, 1.807) is 0 Å². The summed E-state index contributed by atoms with van der Waals surface area (Å²) in [5.74, 6) is 0. The highest BCUT2D eigenvalue weighted by molar-refractivity contribution is 14.1. The van der Waals surface area contributed by atoms with Crippen LogP contribution >= 0.6 is 31.4 Å². The average Bonchev–Trinajstić information content (AvgIpc) is 1.41. The van der Waals surface area contributed by atoms with E-state index in [0.29, 0.717) is 0 Å². The van der Waals surface area contributed by atoms with Crippen LogP contribution in [0.15, 0.2) is 0 Å². The lowest BCUT2D eigenvalue weighted by Gasteiger charge is -1.77. The molecule has 0 radical (unpaired) electrons. The minimum atomic E-state index is 0.150. The molecule has 0 fully saturated rings. The van der Waals surface area contributed by atoms with Crippen LogP contribution in [0.1, 0.15) is 0 Å². The van der Waals surface area contributed by atoms with E-state index >= 15 is 0 Å². The van der Waals surface area contributed by atoms with Crippen molar-refractivity contribution in [3.8, 4) is 0 Å². The lowest BCUT2D eigenvalue weighted by atomic mass is 11.0. The number of hydrogen-bond donors (Lipinski definition) is 1. The van der Waals surface area contributed by atoms with Gasteiger partial charge in [0.25, 0.3) is 0 Å². The molecule has 1 atom stereocenters. The Balaban J connectivity index is 2.19. The molecule has 1 unspecified atom stereocenters. The first-order valence-electron chi connectivity index (χ1n) is 1.34. The van der Waals surface area contributed by atoms with Gasteiger partial charge in [-0.1, -0.05) is 22.6 Å². The van der Waals surface area contributed by atoms with Crippen molar-refractivity contribution in [1.29, 1.82) is 0 Å². The Labute approximate surface area is 47.2 Å². The Morgan fingerprint density at radius 2 is 2.40 bits per heavy atom. The van der Waals surface area contributed by atoms with E-state index in [1.165, 1.54) is 0 Å². The maximum Gasteiger partial charge on any atom is 0.0114 e. The summed E-state index contributed by atoms with van der Waals surface area (Å²) in [5.41, 5.74) is 0. The van der Waals surface area contributed by atoms with Crippen molar-refractivity contribution in [3.05, 3.63) is 0 Å². The number of halogens is 1. The summed E-state index contributed by atoms with van der Waals surface area (Å²) in [4.78, 5) is 8.09. The molecular formula is C2H6IOP. The van der Waals surface area contributed by atoms with Gasteiger partial charge < -0.3 is 4.89 Å². The molecule has 0 bridgehead atoms. The Kier molecular flexibility index (Phi) is 6.27. The van der Waals surface area contributed by atoms with Crippen LogP contribution in [0, 0.1) is 0 Å². The van der Waals surface area contributed by atoms with Crippen molar-refractivity contribution in [2.45, 2.75) is 0 Å². The van der Waals surface area contributed by atoms with Gasteiger partial charge in [-0.2, -0.15) is 0 Å². The van der Waals surface area contributed by atoms with Gasteiger partial charge in [0.05, 0.1) is 0 Å². The Bertz CT molecular complexity index is 17.1. The molecule has 0 aliphatic carbocycles. The zero-order chi connectivity index (χ0) is 4.12. The first-order valence-corrected chi connectivity index (χ1v) is 4.02. The highest BCUT2D eigenvalue weighted by Gasteiger charge is 1.70. The zero-order valence-corrected chi connectivity index (χ0v) is 5.90. The standard InChI is InChI=1S/C2H6IOP/c3-1-2-5-4/h4-5H,1-2H2. The van der Waals surface area contributed by atoms with Gasteiger partial charge in [0, 0.05) is 13.2 Å². The van der Waals surface area contributed by atoms with Crippen LogP contribution in [0.3, 0.4) is 0 Å². The molecule has 0 aromatic rings. The van der Waals surface area contributed by atoms with Crippen molar-refractivity contribution < 1.29 is 4.89 Å². The molecule has 0 amide bonds. The normalized spacial score (nSPS) is 10.8. The van der Waals surface area contributed by atoms with Crippen LogP contribution in [0.25, 0.3) is 0 Å². The first-order chi connectivity index (χ1) is 2.41. The zero-order valence-electron chi connectivity index (χ0n) is 2.74. The fourth-order valence-electron chi connectivity index (χ4n) is 0.0423. The van der Waals surface area contributed by atoms with E-state index in [0.717, 1.165) is 10.6 Å². The summed E-state index contributed by atoms with van der Waals surface area (Å²) in [6.45, 7) is 0. The van der Waals surface area contributed by atoms with Crippen LogP contribution < -0.4 is 0 Å². The van der Waals surface area contributed by atoms with Crippen molar-refractivity contribution >= 4 is 31.4 Å². The van der Waals surface area contributed by atoms with Gasteiger partial charge in [-0.25, -0.2) is 0 Å². The van der Waals surface area contributed by atoms with Gasteiger partial charge in [-0.3, -0.25) is 0 Å². The molecule has 0 aliphatic rings. The lowest BCUT2D eigenvalue weighted by Crippen LogP contribution is -1.68. The van der Waals surface area contributed by atoms with E-state index in [1.807, 2.05) is 0 Å². The monoisotopic (exact) mass is 204 g/mol. The van der Waals surface area contributed by atoms with Crippen LogP contribution in [0.2, 0.25) is 0 Å². The second kappa shape index (κ2) is 5.12. The highest BCUT2D eigenvalue weighted by atomic mass is 127. The second-order valence-corrected chi connectivity index (χ2v) is 2.49. The van der Waals surface area contributed by atoms with Gasteiger partial charge >= 0.3 is 0 Å². The summed E-state index contributed by atoms with van der Waals surface area (Å²) in [5, 5.41) is 0. The number of alkyl halides is 1. The van der Waals surface area contributed by atoms with Crippen LogP contribution in [0.4, 0.5) is 0 Å². The molecule has 0 rings (SSSR count). The molecule has 0 saturated carbocycles. The third-order valence-corrected chi connectivity index (χ3v) is 2.24. The number of hydrogen-bond acceptors (Lipinski definition) is 1. The van der Waals surface area contributed by atoms with Gasteiger partial charge in [0.15, 0.2) is 0 Å². The smallest absolute Gasteiger partial charge is 0.0114 e. The molecule has 0 aromatic heterocycles.